The number of hydrogen-bond acceptors (Lipinski definition) is 4. The van der Waals surface area contributed by atoms with E-state index in [9.17, 15) is 5.11 Å². The summed E-state index contributed by atoms with van der Waals surface area (Å²) in [6.07, 6.45) is 2.41. The van der Waals surface area contributed by atoms with Crippen LogP contribution in [0.5, 0.6) is 5.75 Å². The largest absolute Gasteiger partial charge is 0.508 e. The minimum Gasteiger partial charge on any atom is -0.508 e. The molecule has 1 atom stereocenters. The summed E-state index contributed by atoms with van der Waals surface area (Å²) >= 11 is 0. The summed E-state index contributed by atoms with van der Waals surface area (Å²) in [6.45, 7) is 13.5. The first-order chi connectivity index (χ1) is 11.5. The van der Waals surface area contributed by atoms with E-state index in [0.717, 1.165) is 45.2 Å². The van der Waals surface area contributed by atoms with Crippen molar-refractivity contribution in [1.29, 1.82) is 0 Å². The molecule has 0 aliphatic carbocycles. The smallest absolute Gasteiger partial charge is 0.115 e. The van der Waals surface area contributed by atoms with Crippen molar-refractivity contribution in [2.45, 2.75) is 26.7 Å². The van der Waals surface area contributed by atoms with Crippen LogP contribution in [-0.2, 0) is 11.2 Å². The molecule has 0 saturated carbocycles. The molecular weight excluding hydrogens is 300 g/mol. The molecule has 2 fully saturated rings. The van der Waals surface area contributed by atoms with Crippen molar-refractivity contribution in [3.8, 4) is 5.75 Å². The van der Waals surface area contributed by atoms with Gasteiger partial charge in [-0.1, -0.05) is 26.0 Å². The molecule has 2 heterocycles. The lowest BCUT2D eigenvalue weighted by molar-refractivity contribution is 0.0162. The van der Waals surface area contributed by atoms with E-state index in [1.807, 2.05) is 0 Å². The van der Waals surface area contributed by atoms with Gasteiger partial charge in [0.25, 0.3) is 0 Å². The van der Waals surface area contributed by atoms with Crippen molar-refractivity contribution in [1.82, 2.24) is 9.80 Å². The molecule has 1 aromatic rings. The third-order valence-electron chi connectivity index (χ3n) is 5.24. The van der Waals surface area contributed by atoms with Gasteiger partial charge in [-0.3, -0.25) is 4.90 Å². The average Bonchev–Trinajstić information content (AvgIpc) is 2.96. The SMILES string of the molecule is CC(C)(CN1CCOCC1)CN1CCC(Cc2ccc(O)cc2)C1. The zero-order chi connectivity index (χ0) is 17.0. The predicted molar refractivity (Wildman–Crippen MR) is 97.4 cm³/mol. The average molecular weight is 332 g/mol. The van der Waals surface area contributed by atoms with Crippen molar-refractivity contribution in [2.75, 3.05) is 52.5 Å². The zero-order valence-electron chi connectivity index (χ0n) is 15.2. The van der Waals surface area contributed by atoms with Gasteiger partial charge in [-0.2, -0.15) is 0 Å². The van der Waals surface area contributed by atoms with Crippen LogP contribution in [-0.4, -0.2) is 67.4 Å². The van der Waals surface area contributed by atoms with Crippen LogP contribution in [0, 0.1) is 11.3 Å². The number of phenolic OH excluding ortho intramolecular Hbond substituents is 1. The third-order valence-corrected chi connectivity index (χ3v) is 5.24. The van der Waals surface area contributed by atoms with E-state index in [1.54, 1.807) is 12.1 Å². The summed E-state index contributed by atoms with van der Waals surface area (Å²) in [6, 6.07) is 7.71. The number of rotatable bonds is 6. The van der Waals surface area contributed by atoms with E-state index in [2.05, 4.69) is 35.8 Å². The van der Waals surface area contributed by atoms with Gasteiger partial charge in [0.15, 0.2) is 0 Å². The lowest BCUT2D eigenvalue weighted by atomic mass is 9.91. The summed E-state index contributed by atoms with van der Waals surface area (Å²) in [5.74, 6) is 1.10. The van der Waals surface area contributed by atoms with Crippen molar-refractivity contribution in [3.63, 3.8) is 0 Å². The highest BCUT2D eigenvalue weighted by molar-refractivity contribution is 5.26. The number of likely N-dealkylation sites (tertiary alicyclic amines) is 1. The number of morpholine rings is 1. The van der Waals surface area contributed by atoms with Gasteiger partial charge in [-0.25, -0.2) is 0 Å². The van der Waals surface area contributed by atoms with Gasteiger partial charge in [-0.15, -0.1) is 0 Å². The van der Waals surface area contributed by atoms with E-state index in [0.29, 0.717) is 11.2 Å². The van der Waals surface area contributed by atoms with Crippen LogP contribution >= 0.6 is 0 Å². The standard InChI is InChI=1S/C20H32N2O2/c1-20(2,15-21-9-11-24-12-10-21)16-22-8-7-18(14-22)13-17-3-5-19(23)6-4-17/h3-6,18,23H,7-16H2,1-2H3. The second kappa shape index (κ2) is 7.85. The third kappa shape index (κ3) is 5.20. The molecule has 2 saturated heterocycles. The van der Waals surface area contributed by atoms with Crippen molar-refractivity contribution in [3.05, 3.63) is 29.8 Å². The fourth-order valence-electron chi connectivity index (χ4n) is 4.21. The predicted octanol–water partition coefficient (Wildman–Crippen LogP) is 2.62. The van der Waals surface area contributed by atoms with Crippen LogP contribution in [0.4, 0.5) is 0 Å². The van der Waals surface area contributed by atoms with E-state index >= 15 is 0 Å². The Kier molecular flexibility index (Phi) is 5.80. The van der Waals surface area contributed by atoms with Gasteiger partial charge in [-0.05, 0) is 48.4 Å². The van der Waals surface area contributed by atoms with E-state index < -0.39 is 0 Å². The van der Waals surface area contributed by atoms with Crippen LogP contribution in [0.2, 0.25) is 0 Å². The van der Waals surface area contributed by atoms with Crippen molar-refractivity contribution in [2.24, 2.45) is 11.3 Å². The summed E-state index contributed by atoms with van der Waals surface area (Å²) in [5.41, 5.74) is 1.66. The van der Waals surface area contributed by atoms with Crippen molar-refractivity contribution >= 4 is 0 Å². The minimum absolute atomic E-state index is 0.324. The Morgan fingerprint density at radius 3 is 2.42 bits per heavy atom. The first kappa shape index (κ1) is 17.7. The zero-order valence-corrected chi connectivity index (χ0v) is 15.2. The Labute approximate surface area is 146 Å². The molecule has 1 aromatic carbocycles. The van der Waals surface area contributed by atoms with Gasteiger partial charge >= 0.3 is 0 Å². The molecule has 0 bridgehead atoms. The van der Waals surface area contributed by atoms with Crippen molar-refractivity contribution < 1.29 is 9.84 Å². The number of nitrogens with zero attached hydrogens (tertiary/aromatic N) is 2. The van der Waals surface area contributed by atoms with Crippen LogP contribution in [0.25, 0.3) is 0 Å². The number of benzene rings is 1. The molecule has 0 spiro atoms. The maximum Gasteiger partial charge on any atom is 0.115 e. The monoisotopic (exact) mass is 332 g/mol. The maximum absolute atomic E-state index is 9.40. The number of phenols is 1. The second-order valence-corrected chi connectivity index (χ2v) is 8.31. The molecule has 2 aliphatic heterocycles. The van der Waals surface area contributed by atoms with Crippen LogP contribution in [0.1, 0.15) is 25.8 Å². The van der Waals surface area contributed by atoms with Gasteiger partial charge < -0.3 is 14.7 Å². The summed E-state index contributed by atoms with van der Waals surface area (Å²) in [5, 5.41) is 9.40. The molecule has 4 heteroatoms. The lowest BCUT2D eigenvalue weighted by Crippen LogP contribution is -2.45. The van der Waals surface area contributed by atoms with E-state index in [-0.39, 0.29) is 0 Å². The Morgan fingerprint density at radius 1 is 1.04 bits per heavy atom. The topological polar surface area (TPSA) is 35.9 Å². The number of ether oxygens (including phenoxy) is 1. The molecule has 4 nitrogen and oxygen atoms in total. The van der Waals surface area contributed by atoms with Gasteiger partial charge in [0.1, 0.15) is 5.75 Å². The number of hydrogen-bond donors (Lipinski definition) is 1. The van der Waals surface area contributed by atoms with E-state index in [4.69, 9.17) is 4.74 Å². The minimum atomic E-state index is 0.324. The molecule has 1 unspecified atom stereocenters. The molecular formula is C20H32N2O2. The Hall–Kier alpha value is -1.10. The summed E-state index contributed by atoms with van der Waals surface area (Å²) in [4.78, 5) is 5.19. The lowest BCUT2D eigenvalue weighted by Gasteiger charge is -2.37. The van der Waals surface area contributed by atoms with Gasteiger partial charge in [0, 0.05) is 32.7 Å². The summed E-state index contributed by atoms with van der Waals surface area (Å²) in [7, 11) is 0. The normalized spacial score (nSPS) is 23.7. The summed E-state index contributed by atoms with van der Waals surface area (Å²) < 4.78 is 5.46. The second-order valence-electron chi connectivity index (χ2n) is 8.31. The van der Waals surface area contributed by atoms with E-state index in [1.165, 1.54) is 31.6 Å². The van der Waals surface area contributed by atoms with Crippen LogP contribution in [0.15, 0.2) is 24.3 Å². The molecule has 3 rings (SSSR count). The molecule has 2 aliphatic rings. The molecule has 0 amide bonds. The first-order valence-corrected chi connectivity index (χ1v) is 9.31. The molecule has 134 valence electrons. The molecule has 0 aromatic heterocycles. The fraction of sp³-hybridized carbons (Fsp3) is 0.700. The Morgan fingerprint density at radius 2 is 1.71 bits per heavy atom. The van der Waals surface area contributed by atoms with Gasteiger partial charge in [0.2, 0.25) is 0 Å². The van der Waals surface area contributed by atoms with Gasteiger partial charge in [0.05, 0.1) is 13.2 Å². The molecule has 24 heavy (non-hydrogen) atoms. The molecule has 1 N–H and O–H groups in total. The highest BCUT2D eigenvalue weighted by Gasteiger charge is 2.30. The maximum atomic E-state index is 9.40. The highest BCUT2D eigenvalue weighted by Crippen LogP contribution is 2.26. The van der Waals surface area contributed by atoms with Crippen LogP contribution < -0.4 is 0 Å². The van der Waals surface area contributed by atoms with Crippen LogP contribution in [0.3, 0.4) is 0 Å². The first-order valence-electron chi connectivity index (χ1n) is 9.31. The Bertz CT molecular complexity index is 509. The number of aromatic hydroxyl groups is 1. The molecule has 0 radical (unpaired) electrons. The quantitative estimate of drug-likeness (QED) is 0.869. The highest BCUT2D eigenvalue weighted by atomic mass is 16.5. The Balaban J connectivity index is 1.45. The fourth-order valence-corrected chi connectivity index (χ4v) is 4.21.